The van der Waals surface area contributed by atoms with Gasteiger partial charge in [-0.15, -0.1) is 0 Å². The van der Waals surface area contributed by atoms with Crippen molar-refractivity contribution in [3.05, 3.63) is 108 Å². The standard InChI is InChI=1S/C27H22O3/c1-19-3-7-21(8-4-19)23-11-15-25(16-12-23)29-27(28)30-26-17-13-24(14-18-26)22-9-5-20(2)6-10-22/h3-18H,1-2H3. The van der Waals surface area contributed by atoms with Gasteiger partial charge in [0, 0.05) is 0 Å². The van der Waals surface area contributed by atoms with E-state index >= 15 is 0 Å². The third kappa shape index (κ3) is 4.76. The Balaban J connectivity index is 1.37. The molecule has 148 valence electrons. The summed E-state index contributed by atoms with van der Waals surface area (Å²) in [6, 6.07) is 31.3. The maximum Gasteiger partial charge on any atom is 0.519 e. The molecule has 0 aliphatic rings. The maximum atomic E-state index is 12.1. The zero-order valence-electron chi connectivity index (χ0n) is 17.0. The molecule has 0 aliphatic carbocycles. The summed E-state index contributed by atoms with van der Waals surface area (Å²) >= 11 is 0. The summed E-state index contributed by atoms with van der Waals surface area (Å²) in [4.78, 5) is 12.1. The Kier molecular flexibility index (Phi) is 5.62. The molecular formula is C27H22O3. The Morgan fingerprint density at radius 3 is 1.03 bits per heavy atom. The van der Waals surface area contributed by atoms with Gasteiger partial charge < -0.3 is 9.47 Å². The highest BCUT2D eigenvalue weighted by Crippen LogP contribution is 2.25. The Morgan fingerprint density at radius 2 is 0.733 bits per heavy atom. The predicted octanol–water partition coefficient (Wildman–Crippen LogP) is 7.22. The van der Waals surface area contributed by atoms with Gasteiger partial charge in [-0.3, -0.25) is 0 Å². The Bertz CT molecular complexity index is 1030. The normalized spacial score (nSPS) is 10.5. The van der Waals surface area contributed by atoms with Crippen molar-refractivity contribution < 1.29 is 14.3 Å². The van der Waals surface area contributed by atoms with E-state index in [1.54, 1.807) is 24.3 Å². The maximum absolute atomic E-state index is 12.1. The second-order valence-electron chi connectivity index (χ2n) is 7.23. The average molecular weight is 394 g/mol. The molecule has 0 unspecified atom stereocenters. The van der Waals surface area contributed by atoms with Gasteiger partial charge in [-0.2, -0.15) is 0 Å². The van der Waals surface area contributed by atoms with Crippen LogP contribution in [0.2, 0.25) is 0 Å². The van der Waals surface area contributed by atoms with Crippen molar-refractivity contribution in [3.63, 3.8) is 0 Å². The van der Waals surface area contributed by atoms with Crippen LogP contribution in [0.4, 0.5) is 4.79 Å². The minimum Gasteiger partial charge on any atom is -0.395 e. The second kappa shape index (κ2) is 8.66. The molecule has 0 fully saturated rings. The summed E-state index contributed by atoms with van der Waals surface area (Å²) in [5.74, 6) is 0.874. The topological polar surface area (TPSA) is 35.5 Å². The number of rotatable bonds is 4. The number of benzene rings is 4. The minimum absolute atomic E-state index is 0.437. The summed E-state index contributed by atoms with van der Waals surface area (Å²) in [6.45, 7) is 4.12. The van der Waals surface area contributed by atoms with E-state index < -0.39 is 6.16 Å². The number of hydrogen-bond acceptors (Lipinski definition) is 3. The van der Waals surface area contributed by atoms with Crippen LogP contribution in [-0.2, 0) is 0 Å². The smallest absolute Gasteiger partial charge is 0.395 e. The highest BCUT2D eigenvalue weighted by Gasteiger charge is 2.09. The van der Waals surface area contributed by atoms with Gasteiger partial charge in [0.25, 0.3) is 0 Å². The zero-order valence-corrected chi connectivity index (χ0v) is 17.0. The Labute approximate surface area is 176 Å². The van der Waals surface area contributed by atoms with Crippen LogP contribution in [0, 0.1) is 13.8 Å². The zero-order chi connectivity index (χ0) is 20.9. The molecule has 4 aromatic rings. The monoisotopic (exact) mass is 394 g/mol. The lowest BCUT2D eigenvalue weighted by Crippen LogP contribution is -2.13. The number of ether oxygens (including phenoxy) is 2. The fraction of sp³-hybridized carbons (Fsp3) is 0.0741. The molecule has 30 heavy (non-hydrogen) atoms. The molecule has 0 saturated heterocycles. The fourth-order valence-electron chi connectivity index (χ4n) is 3.14. The van der Waals surface area contributed by atoms with Crippen molar-refractivity contribution >= 4 is 6.16 Å². The van der Waals surface area contributed by atoms with Gasteiger partial charge >= 0.3 is 6.16 Å². The van der Waals surface area contributed by atoms with E-state index in [4.69, 9.17) is 9.47 Å². The molecule has 3 nitrogen and oxygen atoms in total. The van der Waals surface area contributed by atoms with Gasteiger partial charge in [0.15, 0.2) is 0 Å². The van der Waals surface area contributed by atoms with Crippen LogP contribution in [-0.4, -0.2) is 6.16 Å². The van der Waals surface area contributed by atoms with E-state index in [-0.39, 0.29) is 0 Å². The summed E-state index contributed by atoms with van der Waals surface area (Å²) in [5, 5.41) is 0. The van der Waals surface area contributed by atoms with E-state index in [0.717, 1.165) is 22.3 Å². The summed E-state index contributed by atoms with van der Waals surface area (Å²) in [7, 11) is 0. The van der Waals surface area contributed by atoms with Crippen LogP contribution in [0.15, 0.2) is 97.1 Å². The molecule has 4 aromatic carbocycles. The van der Waals surface area contributed by atoms with Crippen molar-refractivity contribution in [3.8, 4) is 33.8 Å². The minimum atomic E-state index is -0.763. The van der Waals surface area contributed by atoms with Gasteiger partial charge in [0.1, 0.15) is 11.5 Å². The van der Waals surface area contributed by atoms with E-state index in [9.17, 15) is 4.79 Å². The SMILES string of the molecule is Cc1ccc(-c2ccc(OC(=O)Oc3ccc(-c4ccc(C)cc4)cc3)cc2)cc1. The van der Waals surface area contributed by atoms with Crippen LogP contribution in [0.5, 0.6) is 11.5 Å². The first-order chi connectivity index (χ1) is 14.6. The quantitative estimate of drug-likeness (QED) is 0.271. The number of aryl methyl sites for hydroxylation is 2. The van der Waals surface area contributed by atoms with Gasteiger partial charge in [-0.05, 0) is 60.4 Å². The molecule has 0 N–H and O–H groups in total. The van der Waals surface area contributed by atoms with E-state index in [0.29, 0.717) is 11.5 Å². The van der Waals surface area contributed by atoms with Crippen LogP contribution in [0.25, 0.3) is 22.3 Å². The molecule has 0 bridgehead atoms. The third-order valence-electron chi connectivity index (χ3n) is 4.88. The van der Waals surface area contributed by atoms with Crippen LogP contribution in [0.3, 0.4) is 0 Å². The van der Waals surface area contributed by atoms with Crippen molar-refractivity contribution in [1.29, 1.82) is 0 Å². The Hall–Kier alpha value is -3.85. The summed E-state index contributed by atoms with van der Waals surface area (Å²) in [5.41, 5.74) is 6.78. The van der Waals surface area contributed by atoms with E-state index in [1.165, 1.54) is 11.1 Å². The molecule has 0 radical (unpaired) electrons. The van der Waals surface area contributed by atoms with Gasteiger partial charge in [-0.25, -0.2) is 4.79 Å². The lowest BCUT2D eigenvalue weighted by Gasteiger charge is -2.08. The lowest BCUT2D eigenvalue weighted by molar-refractivity contribution is 0.152. The molecule has 0 spiro atoms. The highest BCUT2D eigenvalue weighted by molar-refractivity contribution is 5.70. The molecule has 3 heteroatoms. The molecule has 4 rings (SSSR count). The van der Waals surface area contributed by atoms with Crippen LogP contribution >= 0.6 is 0 Å². The largest absolute Gasteiger partial charge is 0.519 e. The van der Waals surface area contributed by atoms with Crippen LogP contribution in [0.1, 0.15) is 11.1 Å². The lowest BCUT2D eigenvalue weighted by atomic mass is 10.0. The highest BCUT2D eigenvalue weighted by atomic mass is 16.7. The van der Waals surface area contributed by atoms with Gasteiger partial charge in [-0.1, -0.05) is 83.9 Å². The number of carbonyl (C=O) groups excluding carboxylic acids is 1. The predicted molar refractivity (Wildman–Crippen MR) is 120 cm³/mol. The first kappa shape index (κ1) is 19.5. The first-order valence-corrected chi connectivity index (χ1v) is 9.81. The Morgan fingerprint density at radius 1 is 0.467 bits per heavy atom. The van der Waals surface area contributed by atoms with E-state index in [1.807, 2.05) is 24.3 Å². The van der Waals surface area contributed by atoms with Crippen LogP contribution < -0.4 is 9.47 Å². The molecule has 0 heterocycles. The van der Waals surface area contributed by atoms with Gasteiger partial charge in [0.05, 0.1) is 0 Å². The summed E-state index contributed by atoms with van der Waals surface area (Å²) < 4.78 is 10.6. The number of hydrogen-bond donors (Lipinski definition) is 0. The molecule has 0 aliphatic heterocycles. The van der Waals surface area contributed by atoms with Crippen molar-refractivity contribution in [2.75, 3.05) is 0 Å². The molecule has 0 atom stereocenters. The van der Waals surface area contributed by atoms with E-state index in [2.05, 4.69) is 62.4 Å². The van der Waals surface area contributed by atoms with Gasteiger partial charge in [0.2, 0.25) is 0 Å². The third-order valence-corrected chi connectivity index (χ3v) is 4.88. The second-order valence-corrected chi connectivity index (χ2v) is 7.23. The fourth-order valence-corrected chi connectivity index (χ4v) is 3.14. The van der Waals surface area contributed by atoms with Crippen molar-refractivity contribution in [2.45, 2.75) is 13.8 Å². The number of carbonyl (C=O) groups is 1. The molecule has 0 saturated carbocycles. The van der Waals surface area contributed by atoms with Crippen molar-refractivity contribution in [2.24, 2.45) is 0 Å². The van der Waals surface area contributed by atoms with Crippen molar-refractivity contribution in [1.82, 2.24) is 0 Å². The first-order valence-electron chi connectivity index (χ1n) is 9.81. The summed E-state index contributed by atoms with van der Waals surface area (Å²) in [6.07, 6.45) is -0.763. The molecular weight excluding hydrogens is 372 g/mol. The average Bonchev–Trinajstić information content (AvgIpc) is 2.76. The molecule has 0 aromatic heterocycles. The molecule has 0 amide bonds.